The molecule has 2 heterocycles. The van der Waals surface area contributed by atoms with Gasteiger partial charge in [0.15, 0.2) is 0 Å². The van der Waals surface area contributed by atoms with E-state index in [1.165, 1.54) is 6.07 Å². The van der Waals surface area contributed by atoms with E-state index in [4.69, 9.17) is 4.74 Å². The molecule has 0 N–H and O–H groups in total. The Kier molecular flexibility index (Phi) is 1.95. The molecule has 2 aliphatic rings. The van der Waals surface area contributed by atoms with Crippen molar-refractivity contribution >= 4 is 5.69 Å². The van der Waals surface area contributed by atoms with Crippen LogP contribution in [0.15, 0.2) is 12.1 Å². The van der Waals surface area contributed by atoms with Crippen molar-refractivity contribution in [1.82, 2.24) is 4.90 Å². The predicted octanol–water partition coefficient (Wildman–Crippen LogP) is 1.35. The molecule has 6 heteroatoms. The van der Waals surface area contributed by atoms with Crippen LogP contribution in [-0.2, 0) is 6.42 Å². The third-order valence-electron chi connectivity index (χ3n) is 3.28. The number of benzene rings is 1. The first-order valence-electron chi connectivity index (χ1n) is 5.33. The molecule has 0 unspecified atom stereocenters. The number of likely N-dealkylation sites (tertiary alicyclic amines) is 1. The van der Waals surface area contributed by atoms with Crippen LogP contribution in [0.4, 0.5) is 10.1 Å². The maximum atomic E-state index is 13.4. The van der Waals surface area contributed by atoms with Crippen molar-refractivity contribution in [3.05, 3.63) is 33.6 Å². The predicted molar refractivity (Wildman–Crippen MR) is 57.6 cm³/mol. The summed E-state index contributed by atoms with van der Waals surface area (Å²) in [6.07, 6.45) is 0.619. The molecule has 1 saturated heterocycles. The van der Waals surface area contributed by atoms with Crippen LogP contribution >= 0.6 is 0 Å². The maximum Gasteiger partial charge on any atom is 0.305 e. The molecule has 0 bridgehead atoms. The van der Waals surface area contributed by atoms with Gasteiger partial charge in [-0.3, -0.25) is 15.0 Å². The lowest BCUT2D eigenvalue weighted by Crippen LogP contribution is -2.62. The first-order chi connectivity index (χ1) is 7.99. The highest BCUT2D eigenvalue weighted by Crippen LogP contribution is 2.42. The number of nitro groups is 1. The summed E-state index contributed by atoms with van der Waals surface area (Å²) in [5, 5.41) is 10.6. The molecule has 90 valence electrons. The summed E-state index contributed by atoms with van der Waals surface area (Å²) >= 11 is 0. The lowest BCUT2D eigenvalue weighted by atomic mass is 9.89. The second-order valence-electron chi connectivity index (χ2n) is 4.80. The van der Waals surface area contributed by atoms with E-state index >= 15 is 0 Å². The number of nitro benzene ring substituents is 1. The summed E-state index contributed by atoms with van der Waals surface area (Å²) in [4.78, 5) is 12.0. The van der Waals surface area contributed by atoms with Crippen LogP contribution in [0.5, 0.6) is 5.75 Å². The van der Waals surface area contributed by atoms with Gasteiger partial charge in [0.05, 0.1) is 4.92 Å². The van der Waals surface area contributed by atoms with Gasteiger partial charge in [0, 0.05) is 37.2 Å². The average Bonchev–Trinajstić information content (AvgIpc) is 2.53. The number of hydrogen-bond donors (Lipinski definition) is 0. The minimum absolute atomic E-state index is 0.293. The van der Waals surface area contributed by atoms with Crippen molar-refractivity contribution in [1.29, 1.82) is 0 Å². The third kappa shape index (κ3) is 1.48. The summed E-state index contributed by atoms with van der Waals surface area (Å²) < 4.78 is 19.1. The Balaban J connectivity index is 1.96. The van der Waals surface area contributed by atoms with Gasteiger partial charge in [0.1, 0.15) is 11.4 Å². The van der Waals surface area contributed by atoms with E-state index in [1.54, 1.807) is 0 Å². The van der Waals surface area contributed by atoms with Crippen molar-refractivity contribution in [3.63, 3.8) is 0 Å². The van der Waals surface area contributed by atoms with Crippen LogP contribution in [0.1, 0.15) is 5.56 Å². The molecule has 0 saturated carbocycles. The normalized spacial score (nSPS) is 20.8. The highest BCUT2D eigenvalue weighted by Gasteiger charge is 2.48. The number of nitrogens with zero attached hydrogens (tertiary/aromatic N) is 2. The fraction of sp³-hybridized carbons (Fsp3) is 0.455. The molecule has 0 aromatic heterocycles. The number of halogens is 1. The van der Waals surface area contributed by atoms with Gasteiger partial charge in [-0.15, -0.1) is 0 Å². The molecule has 0 amide bonds. The van der Waals surface area contributed by atoms with E-state index < -0.39 is 16.4 Å². The molecule has 1 spiro atoms. The lowest BCUT2D eigenvalue weighted by molar-refractivity contribution is -0.387. The number of likely N-dealkylation sites (N-methyl/N-ethyl adjacent to an activating group) is 1. The lowest BCUT2D eigenvalue weighted by Gasteiger charge is -2.44. The summed E-state index contributed by atoms with van der Waals surface area (Å²) in [5.41, 5.74) is -0.0399. The number of rotatable bonds is 1. The van der Waals surface area contributed by atoms with Gasteiger partial charge >= 0.3 is 5.69 Å². The SMILES string of the molecule is CN1CC2(Cc3cc([N+](=O)[O-])c(F)cc3O2)C1. The summed E-state index contributed by atoms with van der Waals surface area (Å²) in [7, 11) is 1.97. The highest BCUT2D eigenvalue weighted by atomic mass is 19.1. The monoisotopic (exact) mass is 238 g/mol. The fourth-order valence-corrected chi connectivity index (χ4v) is 2.69. The Hall–Kier alpha value is -1.69. The Labute approximate surface area is 96.9 Å². The number of hydrogen-bond acceptors (Lipinski definition) is 4. The van der Waals surface area contributed by atoms with Gasteiger partial charge in [-0.1, -0.05) is 0 Å². The fourth-order valence-electron chi connectivity index (χ4n) is 2.69. The third-order valence-corrected chi connectivity index (χ3v) is 3.28. The molecule has 5 nitrogen and oxygen atoms in total. The van der Waals surface area contributed by atoms with Gasteiger partial charge < -0.3 is 4.74 Å². The van der Waals surface area contributed by atoms with Gasteiger partial charge in [-0.25, -0.2) is 0 Å². The van der Waals surface area contributed by atoms with Gasteiger partial charge in [-0.2, -0.15) is 4.39 Å². The minimum atomic E-state index is -0.835. The van der Waals surface area contributed by atoms with Gasteiger partial charge in [0.25, 0.3) is 0 Å². The van der Waals surface area contributed by atoms with Crippen molar-refractivity contribution < 1.29 is 14.1 Å². The van der Waals surface area contributed by atoms with Gasteiger partial charge in [-0.05, 0) is 7.05 Å². The van der Waals surface area contributed by atoms with E-state index in [9.17, 15) is 14.5 Å². The van der Waals surface area contributed by atoms with Crippen molar-refractivity contribution in [2.24, 2.45) is 0 Å². The van der Waals surface area contributed by atoms with Crippen LogP contribution in [0.2, 0.25) is 0 Å². The Morgan fingerprint density at radius 2 is 2.24 bits per heavy atom. The first-order valence-corrected chi connectivity index (χ1v) is 5.33. The van der Waals surface area contributed by atoms with Gasteiger partial charge in [0.2, 0.25) is 5.82 Å². The first kappa shape index (κ1) is 10.5. The minimum Gasteiger partial charge on any atom is -0.484 e. The zero-order chi connectivity index (χ0) is 12.2. The molecule has 1 aromatic carbocycles. The molecule has 0 atom stereocenters. The molecule has 3 rings (SSSR count). The van der Waals surface area contributed by atoms with Crippen molar-refractivity contribution in [2.75, 3.05) is 20.1 Å². The molecule has 1 aromatic rings. The van der Waals surface area contributed by atoms with E-state index in [1.807, 2.05) is 7.05 Å². The van der Waals surface area contributed by atoms with E-state index in [0.29, 0.717) is 12.2 Å². The Morgan fingerprint density at radius 3 is 2.82 bits per heavy atom. The Morgan fingerprint density at radius 1 is 1.53 bits per heavy atom. The van der Waals surface area contributed by atoms with E-state index in [2.05, 4.69) is 4.90 Å². The summed E-state index contributed by atoms with van der Waals surface area (Å²) in [6.45, 7) is 1.55. The average molecular weight is 238 g/mol. The van der Waals surface area contributed by atoms with E-state index in [0.717, 1.165) is 24.7 Å². The van der Waals surface area contributed by atoms with Crippen molar-refractivity contribution in [2.45, 2.75) is 12.0 Å². The molecular formula is C11H11FN2O3. The number of fused-ring (bicyclic) bond motifs is 1. The molecule has 1 fully saturated rings. The summed E-state index contributed by atoms with van der Waals surface area (Å²) in [5.74, 6) is -0.389. The standard InChI is InChI=1S/C11H11FN2O3/c1-13-5-11(6-13)4-7-2-9(14(15)16)8(12)3-10(7)17-11/h2-3H,4-6H2,1H3. The van der Waals surface area contributed by atoms with Crippen LogP contribution in [0, 0.1) is 15.9 Å². The zero-order valence-corrected chi connectivity index (χ0v) is 9.27. The van der Waals surface area contributed by atoms with Crippen molar-refractivity contribution in [3.8, 4) is 5.75 Å². The molecule has 17 heavy (non-hydrogen) atoms. The van der Waals surface area contributed by atoms with Crippen LogP contribution in [0.25, 0.3) is 0 Å². The largest absolute Gasteiger partial charge is 0.484 e. The topological polar surface area (TPSA) is 55.6 Å². The highest BCUT2D eigenvalue weighted by molar-refractivity contribution is 5.49. The second-order valence-corrected chi connectivity index (χ2v) is 4.80. The van der Waals surface area contributed by atoms with Crippen LogP contribution in [-0.4, -0.2) is 35.6 Å². The molecule has 2 aliphatic heterocycles. The Bertz CT molecular complexity index is 512. The molecular weight excluding hydrogens is 227 g/mol. The smallest absolute Gasteiger partial charge is 0.305 e. The second kappa shape index (κ2) is 3.16. The molecule has 0 radical (unpaired) electrons. The summed E-state index contributed by atoms with van der Waals surface area (Å²) in [6, 6.07) is 2.41. The molecule has 0 aliphatic carbocycles. The van der Waals surface area contributed by atoms with Crippen LogP contribution < -0.4 is 4.74 Å². The maximum absolute atomic E-state index is 13.4. The quantitative estimate of drug-likeness (QED) is 0.547. The zero-order valence-electron chi connectivity index (χ0n) is 9.27. The van der Waals surface area contributed by atoms with Crippen LogP contribution in [0.3, 0.4) is 0 Å². The number of ether oxygens (including phenoxy) is 1. The van der Waals surface area contributed by atoms with E-state index in [-0.39, 0.29) is 5.60 Å².